The number of carboxylic acids is 1. The Labute approximate surface area is 125 Å². The van der Waals surface area contributed by atoms with E-state index >= 15 is 0 Å². The predicted molar refractivity (Wildman–Crippen MR) is 79.9 cm³/mol. The zero-order chi connectivity index (χ0) is 14.5. The molecule has 0 saturated carbocycles. The smallest absolute Gasteiger partial charge is 0.337 e. The number of benzene rings is 1. The van der Waals surface area contributed by atoms with Gasteiger partial charge in [-0.25, -0.2) is 4.79 Å². The van der Waals surface area contributed by atoms with E-state index in [1.165, 1.54) is 6.07 Å². The molecule has 0 spiro atoms. The summed E-state index contributed by atoms with van der Waals surface area (Å²) in [7, 11) is 0. The van der Waals surface area contributed by atoms with Crippen molar-refractivity contribution < 1.29 is 14.7 Å². The molecule has 0 aliphatic carbocycles. The highest BCUT2D eigenvalue weighted by Crippen LogP contribution is 2.22. The summed E-state index contributed by atoms with van der Waals surface area (Å²) < 4.78 is 0.734. The molecule has 3 N–H and O–H groups in total. The molecule has 108 valence electrons. The van der Waals surface area contributed by atoms with E-state index in [9.17, 15) is 9.59 Å². The minimum atomic E-state index is -1.05. The van der Waals surface area contributed by atoms with Crippen LogP contribution in [-0.4, -0.2) is 30.1 Å². The first-order valence-electron chi connectivity index (χ1n) is 6.59. The van der Waals surface area contributed by atoms with Crippen LogP contribution in [0.25, 0.3) is 0 Å². The Kier molecular flexibility index (Phi) is 5.14. The maximum atomic E-state index is 11.9. The normalized spacial score (nSPS) is 17.9. The van der Waals surface area contributed by atoms with Crippen LogP contribution in [-0.2, 0) is 4.79 Å². The standard InChI is InChI=1S/C14H17BrN2O3/c15-10-2-3-11(14(19)20)12(7-10)17-13(18)4-1-9-5-6-16-8-9/h2-3,7,9,16H,1,4-6,8H2,(H,17,18)(H,19,20). The second-order valence-electron chi connectivity index (χ2n) is 4.94. The minimum absolute atomic E-state index is 0.101. The van der Waals surface area contributed by atoms with E-state index in [2.05, 4.69) is 26.6 Å². The van der Waals surface area contributed by atoms with Crippen LogP contribution in [0.3, 0.4) is 0 Å². The minimum Gasteiger partial charge on any atom is -0.478 e. The summed E-state index contributed by atoms with van der Waals surface area (Å²) in [6.07, 6.45) is 2.34. The van der Waals surface area contributed by atoms with Crippen LogP contribution in [0.4, 0.5) is 5.69 Å². The molecular weight excluding hydrogens is 324 g/mol. The zero-order valence-corrected chi connectivity index (χ0v) is 12.6. The summed E-state index contributed by atoms with van der Waals surface area (Å²) >= 11 is 3.28. The number of carbonyl (C=O) groups excluding carboxylic acids is 1. The molecule has 2 rings (SSSR count). The zero-order valence-electron chi connectivity index (χ0n) is 11.0. The van der Waals surface area contributed by atoms with Gasteiger partial charge in [0.25, 0.3) is 0 Å². The van der Waals surface area contributed by atoms with Crippen LogP contribution < -0.4 is 10.6 Å². The molecule has 1 unspecified atom stereocenters. The number of amides is 1. The third-order valence-corrected chi connectivity index (χ3v) is 3.92. The van der Waals surface area contributed by atoms with Gasteiger partial charge < -0.3 is 15.7 Å². The number of anilines is 1. The fraction of sp³-hybridized carbons (Fsp3) is 0.429. The fourth-order valence-corrected chi connectivity index (χ4v) is 2.68. The van der Waals surface area contributed by atoms with Gasteiger partial charge in [0.2, 0.25) is 5.91 Å². The second kappa shape index (κ2) is 6.85. The Morgan fingerprint density at radius 1 is 1.45 bits per heavy atom. The Morgan fingerprint density at radius 2 is 2.25 bits per heavy atom. The molecule has 0 aromatic heterocycles. The van der Waals surface area contributed by atoms with Crippen molar-refractivity contribution in [2.24, 2.45) is 5.92 Å². The third-order valence-electron chi connectivity index (χ3n) is 3.43. The number of halogens is 1. The lowest BCUT2D eigenvalue weighted by Crippen LogP contribution is -2.16. The van der Waals surface area contributed by atoms with E-state index in [0.717, 1.165) is 30.4 Å². The predicted octanol–water partition coefficient (Wildman–Crippen LogP) is 2.48. The van der Waals surface area contributed by atoms with Crippen LogP contribution in [0.2, 0.25) is 0 Å². The molecule has 1 fully saturated rings. The summed E-state index contributed by atoms with van der Waals surface area (Å²) in [5.74, 6) is -0.646. The van der Waals surface area contributed by atoms with E-state index in [4.69, 9.17) is 5.11 Å². The Hall–Kier alpha value is -1.40. The van der Waals surface area contributed by atoms with Crippen molar-refractivity contribution in [3.05, 3.63) is 28.2 Å². The molecule has 1 aromatic rings. The van der Waals surface area contributed by atoms with Crippen LogP contribution >= 0.6 is 15.9 Å². The quantitative estimate of drug-likeness (QED) is 0.769. The molecule has 20 heavy (non-hydrogen) atoms. The van der Waals surface area contributed by atoms with Crippen LogP contribution in [0, 0.1) is 5.92 Å². The number of aromatic carboxylic acids is 1. The average Bonchev–Trinajstić information content (AvgIpc) is 2.89. The summed E-state index contributed by atoms with van der Waals surface area (Å²) in [5.41, 5.74) is 0.436. The topological polar surface area (TPSA) is 78.4 Å². The number of rotatable bonds is 5. The lowest BCUT2D eigenvalue weighted by atomic mass is 10.0. The van der Waals surface area contributed by atoms with E-state index in [0.29, 0.717) is 18.0 Å². The number of hydrogen-bond acceptors (Lipinski definition) is 3. The van der Waals surface area contributed by atoms with E-state index in [-0.39, 0.29) is 11.5 Å². The molecule has 1 amide bonds. The Morgan fingerprint density at radius 3 is 2.90 bits per heavy atom. The van der Waals surface area contributed by atoms with Crippen molar-refractivity contribution >= 4 is 33.5 Å². The van der Waals surface area contributed by atoms with Crippen molar-refractivity contribution in [3.8, 4) is 0 Å². The molecule has 1 heterocycles. The summed E-state index contributed by atoms with van der Waals surface area (Å²) in [6, 6.07) is 4.73. The monoisotopic (exact) mass is 340 g/mol. The fourth-order valence-electron chi connectivity index (χ4n) is 2.32. The maximum absolute atomic E-state index is 11.9. The number of carbonyl (C=O) groups is 2. The van der Waals surface area contributed by atoms with Crippen LogP contribution in [0.1, 0.15) is 29.6 Å². The van der Waals surface area contributed by atoms with Crippen LogP contribution in [0.5, 0.6) is 0 Å². The molecule has 0 bridgehead atoms. The van der Waals surface area contributed by atoms with Gasteiger partial charge in [-0.1, -0.05) is 15.9 Å². The first kappa shape index (κ1) is 15.0. The van der Waals surface area contributed by atoms with E-state index in [1.54, 1.807) is 12.1 Å². The highest BCUT2D eigenvalue weighted by Gasteiger charge is 2.17. The number of hydrogen-bond donors (Lipinski definition) is 3. The molecule has 1 aromatic carbocycles. The van der Waals surface area contributed by atoms with Gasteiger partial charge in [-0.05, 0) is 50.0 Å². The first-order valence-corrected chi connectivity index (χ1v) is 7.39. The maximum Gasteiger partial charge on any atom is 0.337 e. The third kappa shape index (κ3) is 4.05. The van der Waals surface area contributed by atoms with E-state index < -0.39 is 5.97 Å². The van der Waals surface area contributed by atoms with Gasteiger partial charge in [0.05, 0.1) is 11.3 Å². The van der Waals surface area contributed by atoms with Crippen molar-refractivity contribution in [2.75, 3.05) is 18.4 Å². The molecule has 1 saturated heterocycles. The molecule has 1 aliphatic rings. The van der Waals surface area contributed by atoms with Gasteiger partial charge in [-0.2, -0.15) is 0 Å². The Bertz CT molecular complexity index is 513. The van der Waals surface area contributed by atoms with Crippen molar-refractivity contribution in [1.82, 2.24) is 5.32 Å². The molecule has 1 aliphatic heterocycles. The lowest BCUT2D eigenvalue weighted by Gasteiger charge is -2.11. The second-order valence-corrected chi connectivity index (χ2v) is 5.86. The molecular formula is C14H17BrN2O3. The van der Waals surface area contributed by atoms with Crippen molar-refractivity contribution in [2.45, 2.75) is 19.3 Å². The highest BCUT2D eigenvalue weighted by molar-refractivity contribution is 9.10. The molecule has 6 heteroatoms. The summed E-state index contributed by atoms with van der Waals surface area (Å²) in [6.45, 7) is 1.98. The number of carboxylic acid groups (broad SMARTS) is 1. The largest absolute Gasteiger partial charge is 0.478 e. The van der Waals surface area contributed by atoms with Crippen molar-refractivity contribution in [1.29, 1.82) is 0 Å². The lowest BCUT2D eigenvalue weighted by molar-refractivity contribution is -0.116. The summed E-state index contributed by atoms with van der Waals surface area (Å²) in [4.78, 5) is 23.0. The van der Waals surface area contributed by atoms with Crippen LogP contribution in [0.15, 0.2) is 22.7 Å². The first-order chi connectivity index (χ1) is 9.56. The van der Waals surface area contributed by atoms with Crippen molar-refractivity contribution in [3.63, 3.8) is 0 Å². The molecule has 0 radical (unpaired) electrons. The van der Waals surface area contributed by atoms with E-state index in [1.807, 2.05) is 0 Å². The van der Waals surface area contributed by atoms with Gasteiger partial charge in [0, 0.05) is 10.9 Å². The SMILES string of the molecule is O=C(CCC1CCNC1)Nc1cc(Br)ccc1C(=O)O. The summed E-state index contributed by atoms with van der Waals surface area (Å²) in [5, 5.41) is 15.0. The highest BCUT2D eigenvalue weighted by atomic mass is 79.9. The van der Waals surface area contributed by atoms with Gasteiger partial charge in [0.15, 0.2) is 0 Å². The average molecular weight is 341 g/mol. The van der Waals surface area contributed by atoms with Gasteiger partial charge in [0.1, 0.15) is 0 Å². The van der Waals surface area contributed by atoms with Gasteiger partial charge >= 0.3 is 5.97 Å². The van der Waals surface area contributed by atoms with Gasteiger partial charge in [-0.3, -0.25) is 4.79 Å². The molecule has 5 nitrogen and oxygen atoms in total. The number of nitrogens with one attached hydrogen (secondary N) is 2. The Balaban J connectivity index is 1.96. The van der Waals surface area contributed by atoms with Gasteiger partial charge in [-0.15, -0.1) is 0 Å². The molecule has 1 atom stereocenters.